The zero-order chi connectivity index (χ0) is 22.2. The van der Waals surface area contributed by atoms with Gasteiger partial charge in [0.1, 0.15) is 17.0 Å². The maximum Gasteiger partial charge on any atom is 0.277 e. The van der Waals surface area contributed by atoms with Crippen molar-refractivity contribution in [2.45, 2.75) is 44.3 Å². The predicted molar refractivity (Wildman–Crippen MR) is 121 cm³/mol. The van der Waals surface area contributed by atoms with Crippen LogP contribution in [0.5, 0.6) is 0 Å². The van der Waals surface area contributed by atoms with Crippen LogP contribution < -0.4 is 10.9 Å². The number of nitrogens with one attached hydrogen (secondary N) is 2. The smallest absolute Gasteiger partial charge is 0.277 e. The van der Waals surface area contributed by atoms with Crippen molar-refractivity contribution in [3.63, 3.8) is 0 Å². The molecule has 2 N–H and O–H groups in total. The highest BCUT2D eigenvalue weighted by atomic mass is 32.2. The van der Waals surface area contributed by atoms with E-state index >= 15 is 0 Å². The monoisotopic (exact) mass is 450 g/mol. The molecule has 1 amide bonds. The Labute approximate surface area is 187 Å². The quantitative estimate of drug-likeness (QED) is 0.414. The minimum atomic E-state index is -0.401. The Morgan fingerprint density at radius 2 is 2.00 bits per heavy atom. The number of fused-ring (bicyclic) bond motifs is 1. The highest BCUT2D eigenvalue weighted by molar-refractivity contribution is 7.99. The van der Waals surface area contributed by atoms with Gasteiger partial charge in [-0.1, -0.05) is 42.1 Å². The van der Waals surface area contributed by atoms with E-state index in [1.807, 2.05) is 18.2 Å². The molecule has 3 aromatic heterocycles. The molecule has 32 heavy (non-hydrogen) atoms. The largest absolute Gasteiger partial charge is 0.444 e. The van der Waals surface area contributed by atoms with Crippen LogP contribution in [-0.2, 0) is 11.3 Å². The van der Waals surface area contributed by atoms with Crippen LogP contribution in [0.25, 0.3) is 10.8 Å². The third-order valence-electron chi connectivity index (χ3n) is 5.46. The van der Waals surface area contributed by atoms with Gasteiger partial charge in [-0.15, -0.1) is 10.2 Å². The number of aromatic nitrogens is 5. The number of furan rings is 1. The van der Waals surface area contributed by atoms with E-state index in [1.165, 1.54) is 11.8 Å². The fourth-order valence-corrected chi connectivity index (χ4v) is 4.53. The van der Waals surface area contributed by atoms with Crippen molar-refractivity contribution < 1.29 is 9.21 Å². The van der Waals surface area contributed by atoms with Gasteiger partial charge in [-0.25, -0.2) is 5.10 Å². The van der Waals surface area contributed by atoms with Gasteiger partial charge in [-0.05, 0) is 32.3 Å². The summed E-state index contributed by atoms with van der Waals surface area (Å²) < 4.78 is 7.76. The first-order valence-electron chi connectivity index (χ1n) is 10.4. The molecule has 0 aliphatic heterocycles. The normalized spacial score (nSPS) is 13.6. The molecule has 9 nitrogen and oxygen atoms in total. The first kappa shape index (κ1) is 20.5. The molecular formula is C22H22N6O3S. The number of thioether (sulfide) groups is 1. The Balaban J connectivity index is 1.34. The molecule has 4 aromatic rings. The molecule has 0 unspecified atom stereocenters. The molecule has 1 aromatic carbocycles. The Morgan fingerprint density at radius 3 is 2.75 bits per heavy atom. The second-order valence-electron chi connectivity index (χ2n) is 7.90. The summed E-state index contributed by atoms with van der Waals surface area (Å²) in [7, 11) is 0. The Bertz CT molecular complexity index is 1350. The average Bonchev–Trinajstić information content (AvgIpc) is 3.47. The van der Waals surface area contributed by atoms with Gasteiger partial charge in [0, 0.05) is 5.92 Å². The van der Waals surface area contributed by atoms with Gasteiger partial charge < -0.3 is 8.98 Å². The zero-order valence-electron chi connectivity index (χ0n) is 17.7. The number of carbonyl (C=O) groups excluding carboxylic acids is 1. The number of aryl methyl sites for hydroxylation is 2. The summed E-state index contributed by atoms with van der Waals surface area (Å²) in [6.07, 6.45) is 2.23. The molecule has 3 heterocycles. The minimum Gasteiger partial charge on any atom is -0.444 e. The van der Waals surface area contributed by atoms with Crippen LogP contribution in [-0.4, -0.2) is 36.6 Å². The van der Waals surface area contributed by atoms with Crippen LogP contribution in [0.1, 0.15) is 41.6 Å². The van der Waals surface area contributed by atoms with Crippen LogP contribution >= 0.6 is 11.8 Å². The number of carbonyl (C=O) groups is 1. The summed E-state index contributed by atoms with van der Waals surface area (Å²) in [5.41, 5.74) is 1.39. The van der Waals surface area contributed by atoms with Crippen LogP contribution in [0, 0.1) is 13.8 Å². The summed E-state index contributed by atoms with van der Waals surface area (Å²) in [6, 6.07) is 10.1. The number of hydrogen-bond donors (Lipinski definition) is 2. The van der Waals surface area contributed by atoms with Gasteiger partial charge in [0.05, 0.1) is 23.4 Å². The van der Waals surface area contributed by atoms with E-state index in [-0.39, 0.29) is 17.5 Å². The first-order chi connectivity index (χ1) is 15.5. The van der Waals surface area contributed by atoms with E-state index in [2.05, 4.69) is 42.4 Å². The molecule has 1 fully saturated rings. The maximum absolute atomic E-state index is 12.7. The Morgan fingerprint density at radius 1 is 1.22 bits per heavy atom. The number of rotatable bonds is 7. The van der Waals surface area contributed by atoms with E-state index in [0.29, 0.717) is 39.8 Å². The fraction of sp³-hybridized carbons (Fsp3) is 0.318. The van der Waals surface area contributed by atoms with Crippen molar-refractivity contribution >= 4 is 34.3 Å². The molecule has 0 bridgehead atoms. The van der Waals surface area contributed by atoms with Gasteiger partial charge in [0.15, 0.2) is 5.16 Å². The molecular weight excluding hydrogens is 428 g/mol. The number of anilines is 1. The lowest BCUT2D eigenvalue weighted by molar-refractivity contribution is -0.113. The highest BCUT2D eigenvalue weighted by Crippen LogP contribution is 2.40. The van der Waals surface area contributed by atoms with Gasteiger partial charge in [0.2, 0.25) is 11.8 Å². The van der Waals surface area contributed by atoms with Crippen molar-refractivity contribution in [3.05, 3.63) is 63.5 Å². The van der Waals surface area contributed by atoms with Gasteiger partial charge >= 0.3 is 0 Å². The van der Waals surface area contributed by atoms with Crippen LogP contribution in [0.3, 0.4) is 0 Å². The summed E-state index contributed by atoms with van der Waals surface area (Å²) in [6.45, 7) is 4.18. The molecule has 0 saturated heterocycles. The third-order valence-corrected chi connectivity index (χ3v) is 6.42. The van der Waals surface area contributed by atoms with Crippen LogP contribution in [0.2, 0.25) is 0 Å². The number of benzene rings is 1. The topological polar surface area (TPSA) is 119 Å². The molecule has 1 aliphatic rings. The second-order valence-corrected chi connectivity index (χ2v) is 8.84. The van der Waals surface area contributed by atoms with E-state index < -0.39 is 5.56 Å². The molecule has 10 heteroatoms. The van der Waals surface area contributed by atoms with E-state index in [9.17, 15) is 9.59 Å². The lowest BCUT2D eigenvalue weighted by Crippen LogP contribution is -2.17. The lowest BCUT2D eigenvalue weighted by atomic mass is 10.2. The zero-order valence-corrected chi connectivity index (χ0v) is 18.5. The van der Waals surface area contributed by atoms with Gasteiger partial charge in [0.25, 0.3) is 5.56 Å². The number of amides is 1. The molecule has 0 atom stereocenters. The van der Waals surface area contributed by atoms with E-state index in [0.717, 1.165) is 24.2 Å². The van der Waals surface area contributed by atoms with Gasteiger partial charge in [-0.2, -0.15) is 5.10 Å². The van der Waals surface area contributed by atoms with Crippen LogP contribution in [0.15, 0.2) is 44.7 Å². The predicted octanol–water partition coefficient (Wildman–Crippen LogP) is 3.38. The Kier molecular flexibility index (Phi) is 5.30. The van der Waals surface area contributed by atoms with Crippen molar-refractivity contribution in [1.82, 2.24) is 25.0 Å². The van der Waals surface area contributed by atoms with Crippen molar-refractivity contribution in [3.8, 4) is 0 Å². The standard InChI is InChI=1S/C22H22N6O3S/c1-12-17-13(2)31-21(18(17)20(30)26-24-12)23-16(29)11-32-22-27-25-19(15-8-9-15)28(22)10-14-6-4-3-5-7-14/h3-7,15H,8-11H2,1-2H3,(H,23,29)(H,26,30). The molecule has 0 radical (unpaired) electrons. The molecule has 1 saturated carbocycles. The van der Waals surface area contributed by atoms with Crippen molar-refractivity contribution in [2.24, 2.45) is 0 Å². The summed E-state index contributed by atoms with van der Waals surface area (Å²) in [4.78, 5) is 24.9. The Hall–Kier alpha value is -3.40. The first-order valence-corrected chi connectivity index (χ1v) is 11.4. The highest BCUT2D eigenvalue weighted by Gasteiger charge is 2.30. The van der Waals surface area contributed by atoms with Gasteiger partial charge in [-0.3, -0.25) is 14.9 Å². The number of aromatic amines is 1. The van der Waals surface area contributed by atoms with Crippen molar-refractivity contribution in [1.29, 1.82) is 0 Å². The van der Waals surface area contributed by atoms with Crippen molar-refractivity contribution in [2.75, 3.05) is 11.1 Å². The number of nitrogens with zero attached hydrogens (tertiary/aromatic N) is 4. The molecule has 1 aliphatic carbocycles. The maximum atomic E-state index is 12.7. The molecule has 5 rings (SSSR count). The van der Waals surface area contributed by atoms with E-state index in [4.69, 9.17) is 4.42 Å². The summed E-state index contributed by atoms with van der Waals surface area (Å²) in [5.74, 6) is 1.91. The average molecular weight is 451 g/mol. The number of hydrogen-bond acceptors (Lipinski definition) is 7. The summed E-state index contributed by atoms with van der Waals surface area (Å²) >= 11 is 1.32. The minimum absolute atomic E-state index is 0.112. The SMILES string of the molecule is Cc1n[nH]c(=O)c2c(NC(=O)CSc3nnc(C4CC4)n3Cc3ccccc3)oc(C)c12. The second kappa shape index (κ2) is 8.27. The third kappa shape index (κ3) is 3.93. The van der Waals surface area contributed by atoms with Crippen LogP contribution in [0.4, 0.5) is 5.88 Å². The van der Waals surface area contributed by atoms with E-state index in [1.54, 1.807) is 13.8 Å². The molecule has 164 valence electrons. The lowest BCUT2D eigenvalue weighted by Gasteiger charge is -2.10. The molecule has 0 spiro atoms. The fourth-order valence-electron chi connectivity index (χ4n) is 3.79. The summed E-state index contributed by atoms with van der Waals surface area (Å²) in [5, 5.41) is 19.5. The number of H-pyrrole nitrogens is 1.